The summed E-state index contributed by atoms with van der Waals surface area (Å²) >= 11 is 0. The number of nitrogens with zero attached hydrogens (tertiary/aromatic N) is 2. The van der Waals surface area contributed by atoms with Crippen molar-refractivity contribution >= 4 is 0 Å². The summed E-state index contributed by atoms with van der Waals surface area (Å²) in [5, 5.41) is 0. The number of benzene rings is 1. The maximum absolute atomic E-state index is 4.23. The van der Waals surface area contributed by atoms with Gasteiger partial charge in [0.2, 0.25) is 0 Å². The fourth-order valence-electron chi connectivity index (χ4n) is 4.46. The zero-order valence-electron chi connectivity index (χ0n) is 19.1. The second kappa shape index (κ2) is 15.3. The van der Waals surface area contributed by atoms with E-state index in [0.29, 0.717) is 5.92 Å². The number of para-hydroxylation sites is 1. The minimum atomic E-state index is 0.654. The Morgan fingerprint density at radius 2 is 1.34 bits per heavy atom. The third kappa shape index (κ3) is 9.19. The predicted octanol–water partition coefficient (Wildman–Crippen LogP) is 8.85. The van der Waals surface area contributed by atoms with Crippen molar-refractivity contribution in [3.63, 3.8) is 0 Å². The van der Waals surface area contributed by atoms with E-state index in [1.165, 1.54) is 108 Å². The zero-order valence-corrected chi connectivity index (χ0v) is 19.1. The van der Waals surface area contributed by atoms with Crippen molar-refractivity contribution in [2.75, 3.05) is 0 Å². The molecule has 2 nitrogen and oxygen atoms in total. The number of imidazole rings is 1. The van der Waals surface area contributed by atoms with E-state index >= 15 is 0 Å². The van der Waals surface area contributed by atoms with Crippen molar-refractivity contribution in [1.82, 2.24) is 9.55 Å². The van der Waals surface area contributed by atoms with Gasteiger partial charge in [-0.3, -0.25) is 0 Å². The largest absolute Gasteiger partial charge is 0.306 e. The number of hydrogen-bond donors (Lipinski definition) is 0. The molecular weight excluding hydrogens is 352 g/mol. The van der Waals surface area contributed by atoms with Crippen LogP contribution in [-0.4, -0.2) is 9.55 Å². The second-order valence-corrected chi connectivity index (χ2v) is 8.67. The van der Waals surface area contributed by atoms with Gasteiger partial charge in [-0.15, -0.1) is 0 Å². The lowest BCUT2D eigenvalue weighted by atomic mass is 9.89. The van der Waals surface area contributed by atoms with Crippen LogP contribution < -0.4 is 0 Å². The third-order valence-corrected chi connectivity index (χ3v) is 6.31. The molecular formula is C27H44N2. The van der Waals surface area contributed by atoms with E-state index < -0.39 is 0 Å². The van der Waals surface area contributed by atoms with Gasteiger partial charge in [0, 0.05) is 18.1 Å². The van der Waals surface area contributed by atoms with Crippen molar-refractivity contribution < 1.29 is 0 Å². The smallest absolute Gasteiger partial charge is 0.0991 e. The van der Waals surface area contributed by atoms with E-state index in [1.807, 2.05) is 12.5 Å². The molecule has 0 spiro atoms. The minimum absolute atomic E-state index is 0.654. The molecule has 0 unspecified atom stereocenters. The van der Waals surface area contributed by atoms with E-state index in [2.05, 4.69) is 53.9 Å². The molecule has 162 valence electrons. The normalized spacial score (nSPS) is 12.3. The Morgan fingerprint density at radius 1 is 0.759 bits per heavy atom. The standard InChI is InChI=1S/C27H44N2/c1-3-5-6-7-8-9-10-11-12-13-14-15-16-19-25(4-2)26-20-17-18-21-27(26)29-23-22-28-24-29/h17-18,20-25H,3-16,19H2,1-2H3/t25-/m0/s1. The Bertz CT molecular complexity index is 617. The van der Waals surface area contributed by atoms with Crippen LogP contribution in [-0.2, 0) is 0 Å². The van der Waals surface area contributed by atoms with Gasteiger partial charge >= 0.3 is 0 Å². The summed E-state index contributed by atoms with van der Waals surface area (Å²) in [4.78, 5) is 4.23. The lowest BCUT2D eigenvalue weighted by Gasteiger charge is -2.19. The topological polar surface area (TPSA) is 17.8 Å². The molecule has 0 amide bonds. The monoisotopic (exact) mass is 396 g/mol. The summed E-state index contributed by atoms with van der Waals surface area (Å²) in [7, 11) is 0. The maximum Gasteiger partial charge on any atom is 0.0991 e. The Hall–Kier alpha value is -1.57. The van der Waals surface area contributed by atoms with E-state index in [0.717, 1.165) is 0 Å². The first kappa shape index (κ1) is 23.7. The van der Waals surface area contributed by atoms with Gasteiger partial charge in [0.25, 0.3) is 0 Å². The maximum atomic E-state index is 4.23. The summed E-state index contributed by atoms with van der Waals surface area (Å²) in [6, 6.07) is 8.86. The molecule has 0 fully saturated rings. The molecule has 0 bridgehead atoms. The fraction of sp³-hybridized carbons (Fsp3) is 0.667. The Morgan fingerprint density at radius 3 is 1.90 bits per heavy atom. The minimum Gasteiger partial charge on any atom is -0.306 e. The van der Waals surface area contributed by atoms with Gasteiger partial charge < -0.3 is 4.57 Å². The summed E-state index contributed by atoms with van der Waals surface area (Å²) in [5.41, 5.74) is 2.78. The zero-order chi connectivity index (χ0) is 20.6. The number of hydrogen-bond acceptors (Lipinski definition) is 1. The van der Waals surface area contributed by atoms with E-state index in [9.17, 15) is 0 Å². The summed E-state index contributed by atoms with van der Waals surface area (Å²) in [6.07, 6.45) is 26.9. The molecule has 0 N–H and O–H groups in total. The molecule has 0 saturated carbocycles. The highest BCUT2D eigenvalue weighted by Crippen LogP contribution is 2.30. The van der Waals surface area contributed by atoms with Gasteiger partial charge in [0.05, 0.1) is 6.33 Å². The molecule has 1 heterocycles. The molecule has 0 radical (unpaired) electrons. The average molecular weight is 397 g/mol. The van der Waals surface area contributed by atoms with E-state index in [-0.39, 0.29) is 0 Å². The SMILES string of the molecule is CCCCCCCCCCCCCCC[C@H](CC)c1ccccc1-n1ccnc1. The molecule has 0 aliphatic carbocycles. The quantitative estimate of drug-likeness (QED) is 0.244. The third-order valence-electron chi connectivity index (χ3n) is 6.31. The fourth-order valence-corrected chi connectivity index (χ4v) is 4.46. The van der Waals surface area contributed by atoms with Crippen molar-refractivity contribution in [3.05, 3.63) is 48.5 Å². The van der Waals surface area contributed by atoms with Crippen molar-refractivity contribution in [1.29, 1.82) is 0 Å². The van der Waals surface area contributed by atoms with Crippen molar-refractivity contribution in [2.24, 2.45) is 0 Å². The molecule has 1 aromatic heterocycles. The molecule has 1 atom stereocenters. The van der Waals surface area contributed by atoms with Gasteiger partial charge in [0.1, 0.15) is 0 Å². The molecule has 2 rings (SSSR count). The van der Waals surface area contributed by atoms with Crippen LogP contribution in [0.3, 0.4) is 0 Å². The molecule has 0 aliphatic heterocycles. The van der Waals surface area contributed by atoms with E-state index in [4.69, 9.17) is 0 Å². The average Bonchev–Trinajstić information content (AvgIpc) is 3.29. The number of aromatic nitrogens is 2. The van der Waals surface area contributed by atoms with Crippen LogP contribution in [0.15, 0.2) is 43.0 Å². The van der Waals surface area contributed by atoms with Gasteiger partial charge in [0.15, 0.2) is 0 Å². The molecule has 2 aromatic rings. The van der Waals surface area contributed by atoms with Crippen LogP contribution in [0.5, 0.6) is 0 Å². The Kier molecular flexibility index (Phi) is 12.5. The molecule has 2 heteroatoms. The van der Waals surface area contributed by atoms with Crippen LogP contribution in [0.2, 0.25) is 0 Å². The molecule has 29 heavy (non-hydrogen) atoms. The molecule has 0 saturated heterocycles. The van der Waals surface area contributed by atoms with Crippen molar-refractivity contribution in [3.8, 4) is 5.69 Å². The van der Waals surface area contributed by atoms with Crippen LogP contribution in [0, 0.1) is 0 Å². The van der Waals surface area contributed by atoms with Crippen molar-refractivity contribution in [2.45, 2.75) is 116 Å². The predicted molar refractivity (Wildman–Crippen MR) is 127 cm³/mol. The first-order valence-corrected chi connectivity index (χ1v) is 12.4. The number of unbranched alkanes of at least 4 members (excludes halogenated alkanes) is 12. The highest BCUT2D eigenvalue weighted by Gasteiger charge is 2.14. The Labute approximate surface area is 180 Å². The first-order valence-electron chi connectivity index (χ1n) is 12.4. The van der Waals surface area contributed by atoms with Crippen LogP contribution >= 0.6 is 0 Å². The molecule has 0 aliphatic rings. The van der Waals surface area contributed by atoms with Gasteiger partial charge in [-0.1, -0.05) is 116 Å². The lowest BCUT2D eigenvalue weighted by molar-refractivity contribution is 0.513. The van der Waals surface area contributed by atoms with Gasteiger partial charge in [-0.05, 0) is 30.4 Å². The highest BCUT2D eigenvalue weighted by atomic mass is 15.0. The summed E-state index contributed by atoms with van der Waals surface area (Å²) in [5.74, 6) is 0.654. The summed E-state index contributed by atoms with van der Waals surface area (Å²) in [6.45, 7) is 4.63. The Balaban J connectivity index is 1.57. The molecule has 1 aromatic carbocycles. The van der Waals surface area contributed by atoms with E-state index in [1.54, 1.807) is 0 Å². The van der Waals surface area contributed by atoms with Crippen LogP contribution in [0.25, 0.3) is 5.69 Å². The second-order valence-electron chi connectivity index (χ2n) is 8.67. The van der Waals surface area contributed by atoms with Crippen LogP contribution in [0.4, 0.5) is 0 Å². The van der Waals surface area contributed by atoms with Crippen LogP contribution in [0.1, 0.15) is 122 Å². The first-order chi connectivity index (χ1) is 14.4. The lowest BCUT2D eigenvalue weighted by Crippen LogP contribution is -2.04. The number of rotatable bonds is 17. The van der Waals surface area contributed by atoms with Gasteiger partial charge in [-0.2, -0.15) is 0 Å². The summed E-state index contributed by atoms with van der Waals surface area (Å²) < 4.78 is 2.15. The van der Waals surface area contributed by atoms with Gasteiger partial charge in [-0.25, -0.2) is 4.98 Å². The highest BCUT2D eigenvalue weighted by molar-refractivity contribution is 5.43.